The average molecular weight is 315 g/mol. The first-order valence-electron chi connectivity index (χ1n) is 7.40. The number of aryl methyl sites for hydroxylation is 1. The second-order valence-electron chi connectivity index (χ2n) is 4.91. The molecule has 0 unspecified atom stereocenters. The van der Waals surface area contributed by atoms with E-state index in [1.807, 2.05) is 32.0 Å². The van der Waals surface area contributed by atoms with E-state index in [2.05, 4.69) is 5.32 Å². The van der Waals surface area contributed by atoms with Crippen molar-refractivity contribution in [1.82, 2.24) is 0 Å². The number of benzene rings is 1. The van der Waals surface area contributed by atoms with Gasteiger partial charge in [0.15, 0.2) is 0 Å². The second-order valence-corrected chi connectivity index (χ2v) is 4.91. The van der Waals surface area contributed by atoms with Crippen molar-refractivity contribution in [3.05, 3.63) is 23.8 Å². The number of hydrogen-bond donors (Lipinski definition) is 2. The molecule has 0 aliphatic rings. The first kappa shape index (κ1) is 19.7. The summed E-state index contributed by atoms with van der Waals surface area (Å²) in [6.07, 6.45) is 4.69. The Morgan fingerprint density at radius 3 is 2.57 bits per heavy atom. The smallest absolute Gasteiger partial charge is 0.224 e. The van der Waals surface area contributed by atoms with Crippen LogP contribution in [0.2, 0.25) is 0 Å². The highest BCUT2D eigenvalue weighted by Crippen LogP contribution is 2.21. The van der Waals surface area contributed by atoms with Gasteiger partial charge in [0.2, 0.25) is 5.91 Å². The lowest BCUT2D eigenvalue weighted by Crippen LogP contribution is -2.12. The summed E-state index contributed by atoms with van der Waals surface area (Å²) in [6, 6.07) is 5.72. The zero-order chi connectivity index (χ0) is 14.8. The molecular weight excluding hydrogens is 288 g/mol. The third-order valence-electron chi connectivity index (χ3n) is 3.14. The van der Waals surface area contributed by atoms with Crippen LogP contribution in [-0.2, 0) is 4.79 Å². The molecule has 0 spiro atoms. The number of nitrogens with two attached hydrogens (primary N) is 1. The van der Waals surface area contributed by atoms with Crippen molar-refractivity contribution in [2.75, 3.05) is 18.5 Å². The molecule has 0 radical (unpaired) electrons. The Balaban J connectivity index is 0.00000400. The molecule has 0 aliphatic carbocycles. The normalized spacial score (nSPS) is 9.86. The van der Waals surface area contributed by atoms with Gasteiger partial charge in [-0.1, -0.05) is 12.8 Å². The predicted octanol–water partition coefficient (Wildman–Crippen LogP) is 3.66. The van der Waals surface area contributed by atoms with Crippen LogP contribution in [0.15, 0.2) is 18.2 Å². The van der Waals surface area contributed by atoms with E-state index in [4.69, 9.17) is 10.5 Å². The van der Waals surface area contributed by atoms with Gasteiger partial charge in [-0.15, -0.1) is 12.4 Å². The third-order valence-corrected chi connectivity index (χ3v) is 3.14. The van der Waals surface area contributed by atoms with Crippen molar-refractivity contribution >= 4 is 24.0 Å². The molecular formula is C16H27ClN2O2. The molecule has 4 nitrogen and oxygen atoms in total. The molecule has 0 saturated carbocycles. The fourth-order valence-electron chi connectivity index (χ4n) is 2.03. The monoisotopic (exact) mass is 314 g/mol. The fourth-order valence-corrected chi connectivity index (χ4v) is 2.03. The van der Waals surface area contributed by atoms with Gasteiger partial charge in [0, 0.05) is 12.1 Å². The van der Waals surface area contributed by atoms with Gasteiger partial charge >= 0.3 is 0 Å². The molecule has 1 amide bonds. The van der Waals surface area contributed by atoms with E-state index in [1.165, 1.54) is 0 Å². The van der Waals surface area contributed by atoms with Crippen molar-refractivity contribution in [2.24, 2.45) is 5.73 Å². The zero-order valence-corrected chi connectivity index (χ0v) is 13.8. The number of carbonyl (C=O) groups excluding carboxylic acids is 1. The molecule has 1 aromatic carbocycles. The Hall–Kier alpha value is -1.26. The van der Waals surface area contributed by atoms with Crippen LogP contribution in [0.25, 0.3) is 0 Å². The van der Waals surface area contributed by atoms with E-state index in [-0.39, 0.29) is 18.3 Å². The number of rotatable bonds is 9. The summed E-state index contributed by atoms with van der Waals surface area (Å²) in [5.74, 6) is 0.912. The highest BCUT2D eigenvalue weighted by Gasteiger charge is 2.05. The molecule has 0 saturated heterocycles. The number of amides is 1. The summed E-state index contributed by atoms with van der Waals surface area (Å²) in [4.78, 5) is 11.8. The van der Waals surface area contributed by atoms with Crippen LogP contribution in [-0.4, -0.2) is 19.1 Å². The zero-order valence-electron chi connectivity index (χ0n) is 13.0. The predicted molar refractivity (Wildman–Crippen MR) is 90.4 cm³/mol. The summed E-state index contributed by atoms with van der Waals surface area (Å²) in [7, 11) is 0. The highest BCUT2D eigenvalue weighted by molar-refractivity contribution is 5.91. The van der Waals surface area contributed by atoms with Gasteiger partial charge in [0.05, 0.1) is 6.61 Å². The van der Waals surface area contributed by atoms with Crippen molar-refractivity contribution in [3.8, 4) is 5.75 Å². The number of anilines is 1. The molecule has 3 N–H and O–H groups in total. The molecule has 0 aliphatic heterocycles. The van der Waals surface area contributed by atoms with Crippen LogP contribution >= 0.6 is 12.4 Å². The molecule has 1 aromatic rings. The number of halogens is 1. The average Bonchev–Trinajstić information content (AvgIpc) is 2.42. The van der Waals surface area contributed by atoms with Crippen LogP contribution in [0, 0.1) is 6.92 Å². The van der Waals surface area contributed by atoms with E-state index in [0.717, 1.165) is 49.2 Å². The summed E-state index contributed by atoms with van der Waals surface area (Å²) >= 11 is 0. The summed E-state index contributed by atoms with van der Waals surface area (Å²) in [5, 5.41) is 2.95. The van der Waals surface area contributed by atoms with Crippen molar-refractivity contribution in [1.29, 1.82) is 0 Å². The lowest BCUT2D eigenvalue weighted by Gasteiger charge is -2.10. The third kappa shape index (κ3) is 7.93. The van der Waals surface area contributed by atoms with Gasteiger partial charge in [-0.2, -0.15) is 0 Å². The molecule has 5 heteroatoms. The minimum atomic E-state index is 0. The van der Waals surface area contributed by atoms with E-state index < -0.39 is 0 Å². The van der Waals surface area contributed by atoms with E-state index in [0.29, 0.717) is 13.0 Å². The summed E-state index contributed by atoms with van der Waals surface area (Å²) in [5.41, 5.74) is 7.32. The Kier molecular flexibility index (Phi) is 10.7. The van der Waals surface area contributed by atoms with Gasteiger partial charge in [-0.25, -0.2) is 0 Å². The molecule has 21 heavy (non-hydrogen) atoms. The number of carbonyl (C=O) groups is 1. The SMILES string of the molecule is CCOc1ccc(NC(=O)CCCCCCN)c(C)c1.Cl. The Bertz CT molecular complexity index is 425. The quantitative estimate of drug-likeness (QED) is 0.684. The molecule has 120 valence electrons. The maximum atomic E-state index is 11.8. The van der Waals surface area contributed by atoms with Crippen LogP contribution in [0.4, 0.5) is 5.69 Å². The molecule has 0 atom stereocenters. The lowest BCUT2D eigenvalue weighted by molar-refractivity contribution is -0.116. The Morgan fingerprint density at radius 2 is 1.95 bits per heavy atom. The number of unbranched alkanes of at least 4 members (excludes halogenated alkanes) is 3. The molecule has 0 bridgehead atoms. The van der Waals surface area contributed by atoms with Crippen LogP contribution in [0.3, 0.4) is 0 Å². The first-order valence-corrected chi connectivity index (χ1v) is 7.40. The number of ether oxygens (including phenoxy) is 1. The summed E-state index contributed by atoms with van der Waals surface area (Å²) < 4.78 is 5.43. The standard InChI is InChI=1S/C16H26N2O2.ClH/c1-3-20-14-9-10-15(13(2)12-14)18-16(19)8-6-4-5-7-11-17;/h9-10,12H,3-8,11,17H2,1-2H3,(H,18,19);1H. The van der Waals surface area contributed by atoms with Crippen molar-refractivity contribution in [2.45, 2.75) is 46.0 Å². The maximum absolute atomic E-state index is 11.8. The van der Waals surface area contributed by atoms with E-state index in [1.54, 1.807) is 0 Å². The van der Waals surface area contributed by atoms with E-state index >= 15 is 0 Å². The van der Waals surface area contributed by atoms with Crippen LogP contribution in [0.5, 0.6) is 5.75 Å². The molecule has 1 rings (SSSR count). The molecule has 0 fully saturated rings. The topological polar surface area (TPSA) is 64.3 Å². The van der Waals surface area contributed by atoms with Crippen LogP contribution < -0.4 is 15.8 Å². The van der Waals surface area contributed by atoms with Gasteiger partial charge in [0.25, 0.3) is 0 Å². The van der Waals surface area contributed by atoms with Gasteiger partial charge in [-0.3, -0.25) is 4.79 Å². The van der Waals surface area contributed by atoms with Crippen LogP contribution in [0.1, 0.15) is 44.6 Å². The van der Waals surface area contributed by atoms with Gasteiger partial charge in [0.1, 0.15) is 5.75 Å². The van der Waals surface area contributed by atoms with E-state index in [9.17, 15) is 4.79 Å². The summed E-state index contributed by atoms with van der Waals surface area (Å²) in [6.45, 7) is 5.31. The van der Waals surface area contributed by atoms with Crippen molar-refractivity contribution < 1.29 is 9.53 Å². The maximum Gasteiger partial charge on any atom is 0.224 e. The Labute approximate surface area is 133 Å². The number of hydrogen-bond acceptors (Lipinski definition) is 3. The first-order chi connectivity index (χ1) is 9.67. The highest BCUT2D eigenvalue weighted by atomic mass is 35.5. The minimum Gasteiger partial charge on any atom is -0.494 e. The largest absolute Gasteiger partial charge is 0.494 e. The van der Waals surface area contributed by atoms with Gasteiger partial charge < -0.3 is 15.8 Å². The number of nitrogens with one attached hydrogen (secondary N) is 1. The molecule has 0 aromatic heterocycles. The van der Waals surface area contributed by atoms with Gasteiger partial charge in [-0.05, 0) is 57.0 Å². The lowest BCUT2D eigenvalue weighted by atomic mass is 10.1. The fraction of sp³-hybridized carbons (Fsp3) is 0.562. The second kappa shape index (κ2) is 11.4. The van der Waals surface area contributed by atoms with Crippen molar-refractivity contribution in [3.63, 3.8) is 0 Å². The Morgan fingerprint density at radius 1 is 1.24 bits per heavy atom. The minimum absolute atomic E-state index is 0. The molecule has 0 heterocycles.